The Morgan fingerprint density at radius 1 is 0.297 bits per heavy atom. The maximum atomic E-state index is 5.44. The molecule has 0 unspecified atom stereocenters. The number of aromatic nitrogens is 5. The van der Waals surface area contributed by atoms with E-state index >= 15 is 0 Å². The summed E-state index contributed by atoms with van der Waals surface area (Å²) in [5.74, 6) is 0.845. The van der Waals surface area contributed by atoms with Crippen LogP contribution in [-0.4, -0.2) is 24.1 Å². The molecule has 0 spiro atoms. The fourth-order valence-corrected chi connectivity index (χ4v) is 9.81. The Balaban J connectivity index is 1.03. The Hall–Kier alpha value is -8.67. The van der Waals surface area contributed by atoms with Crippen molar-refractivity contribution in [2.45, 2.75) is 0 Å². The van der Waals surface area contributed by atoms with E-state index in [1.54, 1.807) is 0 Å². The Bertz CT molecular complexity index is 3930. The lowest BCUT2D eigenvalue weighted by Gasteiger charge is -2.13. The van der Waals surface area contributed by atoms with Crippen molar-refractivity contribution in [3.63, 3.8) is 0 Å². The van der Waals surface area contributed by atoms with E-state index in [0.29, 0.717) is 0 Å². The summed E-state index contributed by atoms with van der Waals surface area (Å²) in [5.41, 5.74) is 15.3. The highest BCUT2D eigenvalue weighted by molar-refractivity contribution is 6.27. The number of benzene rings is 9. The van der Waals surface area contributed by atoms with Crippen LogP contribution in [0.2, 0.25) is 0 Å². The molecule has 9 aromatic carbocycles. The van der Waals surface area contributed by atoms with Gasteiger partial charge in [0.25, 0.3) is 0 Å². The van der Waals surface area contributed by atoms with E-state index in [1.165, 1.54) is 49.0 Å². The third kappa shape index (κ3) is 5.68. The molecule has 0 saturated heterocycles. The number of pyridine rings is 1. The molecule has 0 fully saturated rings. The van der Waals surface area contributed by atoms with Gasteiger partial charge in [-0.25, -0.2) is 15.0 Å². The van der Waals surface area contributed by atoms with Gasteiger partial charge in [-0.3, -0.25) is 4.57 Å². The van der Waals surface area contributed by atoms with Gasteiger partial charge in [-0.1, -0.05) is 164 Å². The molecular weight excluding hydrogens is 779 g/mol. The van der Waals surface area contributed by atoms with E-state index in [9.17, 15) is 0 Å². The van der Waals surface area contributed by atoms with Crippen molar-refractivity contribution in [3.8, 4) is 56.4 Å². The number of hydrogen-bond donors (Lipinski definition) is 0. The topological polar surface area (TPSA) is 48.5 Å². The van der Waals surface area contributed by atoms with Gasteiger partial charge >= 0.3 is 0 Å². The monoisotopic (exact) mass is 815 g/mol. The van der Waals surface area contributed by atoms with Gasteiger partial charge in [0.05, 0.1) is 50.2 Å². The van der Waals surface area contributed by atoms with Gasteiger partial charge in [0.1, 0.15) is 5.82 Å². The van der Waals surface area contributed by atoms with Gasteiger partial charge in [0.15, 0.2) is 0 Å². The fourth-order valence-electron chi connectivity index (χ4n) is 9.81. The molecule has 0 aliphatic rings. The average molecular weight is 816 g/mol. The lowest BCUT2D eigenvalue weighted by molar-refractivity contribution is 1.08. The van der Waals surface area contributed by atoms with Crippen LogP contribution in [0.25, 0.3) is 122 Å². The first-order valence-corrected chi connectivity index (χ1v) is 21.7. The van der Waals surface area contributed by atoms with Crippen LogP contribution in [0.5, 0.6) is 0 Å². The lowest BCUT2D eigenvalue weighted by Crippen LogP contribution is -1.99. The number of hydrogen-bond acceptors (Lipinski definition) is 3. The van der Waals surface area contributed by atoms with Crippen molar-refractivity contribution in [3.05, 3.63) is 224 Å². The number of rotatable bonds is 6. The van der Waals surface area contributed by atoms with Crippen LogP contribution in [0.1, 0.15) is 0 Å². The first-order valence-electron chi connectivity index (χ1n) is 21.7. The Morgan fingerprint density at radius 2 is 0.891 bits per heavy atom. The average Bonchev–Trinajstić information content (AvgIpc) is 3.87. The van der Waals surface area contributed by atoms with Crippen LogP contribution in [0.3, 0.4) is 0 Å². The third-order valence-corrected chi connectivity index (χ3v) is 12.7. The van der Waals surface area contributed by atoms with Crippen molar-refractivity contribution in [1.82, 2.24) is 24.1 Å². The zero-order valence-corrected chi connectivity index (χ0v) is 34.6. The summed E-state index contributed by atoms with van der Waals surface area (Å²) in [7, 11) is 0. The third-order valence-electron chi connectivity index (χ3n) is 12.7. The molecule has 5 nitrogen and oxygen atoms in total. The molecule has 4 aromatic heterocycles. The highest BCUT2D eigenvalue weighted by Gasteiger charge is 2.22. The van der Waals surface area contributed by atoms with Crippen molar-refractivity contribution in [2.75, 3.05) is 0 Å². The van der Waals surface area contributed by atoms with Gasteiger partial charge in [-0.05, 0) is 82.6 Å². The minimum absolute atomic E-state index is 0.819. The molecule has 0 aliphatic heterocycles. The Labute approximate surface area is 368 Å². The molecule has 0 aliphatic carbocycles. The van der Waals surface area contributed by atoms with E-state index in [1.807, 2.05) is 36.4 Å². The van der Waals surface area contributed by atoms with E-state index < -0.39 is 0 Å². The van der Waals surface area contributed by atoms with Crippen molar-refractivity contribution in [2.24, 2.45) is 0 Å². The summed E-state index contributed by atoms with van der Waals surface area (Å²) in [6.07, 6.45) is 0. The van der Waals surface area contributed by atoms with E-state index in [0.717, 1.165) is 72.9 Å². The molecule has 0 amide bonds. The highest BCUT2D eigenvalue weighted by atomic mass is 15.1. The summed E-state index contributed by atoms with van der Waals surface area (Å²) in [6, 6.07) is 79.5. The van der Waals surface area contributed by atoms with Gasteiger partial charge in [-0.2, -0.15) is 0 Å². The zero-order chi connectivity index (χ0) is 42.1. The lowest BCUT2D eigenvalue weighted by atomic mass is 9.94. The highest BCUT2D eigenvalue weighted by Crippen LogP contribution is 2.44. The maximum absolute atomic E-state index is 5.44. The van der Waals surface area contributed by atoms with E-state index in [-0.39, 0.29) is 0 Å². The normalized spacial score (nSPS) is 11.8. The largest absolute Gasteiger partial charge is 0.309 e. The summed E-state index contributed by atoms with van der Waals surface area (Å²) in [4.78, 5) is 15.9. The van der Waals surface area contributed by atoms with Crippen LogP contribution in [0, 0.1) is 0 Å². The smallest absolute Gasteiger partial charge is 0.138 e. The van der Waals surface area contributed by atoms with Crippen molar-refractivity contribution in [1.29, 1.82) is 0 Å². The molecule has 64 heavy (non-hydrogen) atoms. The summed E-state index contributed by atoms with van der Waals surface area (Å²) < 4.78 is 4.77. The van der Waals surface area contributed by atoms with Gasteiger partial charge in [0.2, 0.25) is 0 Å². The predicted molar refractivity (Wildman–Crippen MR) is 265 cm³/mol. The first-order chi connectivity index (χ1) is 31.7. The fraction of sp³-hybridized carbons (Fsp3) is 0. The molecule has 13 rings (SSSR count). The quantitative estimate of drug-likeness (QED) is 0.168. The molecule has 0 radical (unpaired) electrons. The number of fused-ring (bicyclic) bond motifs is 9. The molecular formula is C59H37N5. The van der Waals surface area contributed by atoms with Crippen molar-refractivity contribution >= 4 is 65.4 Å². The van der Waals surface area contributed by atoms with Crippen LogP contribution in [0.4, 0.5) is 0 Å². The molecule has 0 bridgehead atoms. The first kappa shape index (κ1) is 36.0. The standard InChI is InChI=1S/C59H37N5/c1-5-18-38(19-6-1)46-36-55-57(45-28-14-13-26-43(45)46)48-35-47-44-27-15-16-30-52(44)64(53(47)37-54(48)63(55)42-24-11-4-12-25-42)56-31-17-29-49(60-56)41-32-33-50-51(34-41)62-59(40-22-9-3-10-23-40)58(61-50)39-20-7-2-8-21-39/h1-37H. The minimum Gasteiger partial charge on any atom is -0.309 e. The second-order valence-electron chi connectivity index (χ2n) is 16.4. The summed E-state index contributed by atoms with van der Waals surface area (Å²) in [6.45, 7) is 0. The van der Waals surface area contributed by atoms with Crippen LogP contribution < -0.4 is 0 Å². The second-order valence-corrected chi connectivity index (χ2v) is 16.4. The van der Waals surface area contributed by atoms with Crippen molar-refractivity contribution < 1.29 is 0 Å². The van der Waals surface area contributed by atoms with Gasteiger partial charge in [0, 0.05) is 43.9 Å². The molecule has 298 valence electrons. The van der Waals surface area contributed by atoms with E-state index in [4.69, 9.17) is 15.0 Å². The molecule has 0 saturated carbocycles. The molecule has 0 atom stereocenters. The predicted octanol–water partition coefficient (Wildman–Crippen LogP) is 15.0. The Kier molecular flexibility index (Phi) is 8.15. The molecule has 0 N–H and O–H groups in total. The second kappa shape index (κ2) is 14.5. The Morgan fingerprint density at radius 3 is 1.61 bits per heavy atom. The summed E-state index contributed by atoms with van der Waals surface area (Å²) in [5, 5.41) is 7.31. The molecule has 5 heteroatoms. The molecule has 13 aromatic rings. The maximum Gasteiger partial charge on any atom is 0.138 e. The number of para-hydroxylation sites is 2. The van der Waals surface area contributed by atoms with Gasteiger partial charge in [-0.15, -0.1) is 0 Å². The summed E-state index contributed by atoms with van der Waals surface area (Å²) >= 11 is 0. The zero-order valence-electron chi connectivity index (χ0n) is 34.6. The molecule has 4 heterocycles. The van der Waals surface area contributed by atoms with Crippen LogP contribution >= 0.6 is 0 Å². The van der Waals surface area contributed by atoms with Crippen LogP contribution in [0.15, 0.2) is 224 Å². The SMILES string of the molecule is c1ccc(-c2nc3ccc(-c4cccc(-n5c6ccccc6c6cc7c8c9ccccc9c(-c9ccccc9)cc8n(-c8ccccc8)c7cc65)n4)cc3nc2-c2ccccc2)cc1. The number of nitrogens with zero attached hydrogens (tertiary/aromatic N) is 5. The van der Waals surface area contributed by atoms with Gasteiger partial charge < -0.3 is 4.57 Å². The van der Waals surface area contributed by atoms with E-state index in [2.05, 4.69) is 197 Å². The minimum atomic E-state index is 0.819. The van der Waals surface area contributed by atoms with Crippen LogP contribution in [-0.2, 0) is 0 Å².